The molecular weight excluding hydrogens is 670 g/mol. The van der Waals surface area contributed by atoms with Gasteiger partial charge < -0.3 is 29.5 Å². The molecular formula is C39H42F2N6O5. The van der Waals surface area contributed by atoms with Crippen LogP contribution in [0.25, 0.3) is 32.9 Å². The maximum absolute atomic E-state index is 17.2. The Balaban J connectivity index is 1.35. The van der Waals surface area contributed by atoms with Crippen LogP contribution in [0.4, 0.5) is 14.6 Å². The van der Waals surface area contributed by atoms with Crippen molar-refractivity contribution in [3.63, 3.8) is 0 Å². The highest BCUT2D eigenvalue weighted by molar-refractivity contribution is 6.02. The maximum atomic E-state index is 17.2. The lowest BCUT2D eigenvalue weighted by Crippen LogP contribution is -2.44. The summed E-state index contributed by atoms with van der Waals surface area (Å²) in [6.45, 7) is 12.4. The standard InChI is InChI=1S/C39H42F2N6O5/c1-5-27-30(40)8-7-24-17-25(38(3,4)49)18-28(32(24)27)34-33(41)35-29(19-42-34)36(47-13-16-51-21-26(20-47)43-31(48)6-2)45-37(44-35)52-23-39(9-10-39)22-46-11-14-50-15-12-46/h1,6-8,17-19,26,49H,2,9-16,20-23H2,3-4H3,(H,43,48)/t26-/m1/s1. The lowest BCUT2D eigenvalue weighted by molar-refractivity contribution is -0.117. The molecule has 0 spiro atoms. The number of rotatable bonds is 10. The van der Waals surface area contributed by atoms with Gasteiger partial charge in [0.05, 0.1) is 55.6 Å². The van der Waals surface area contributed by atoms with Gasteiger partial charge in [-0.15, -0.1) is 6.42 Å². The van der Waals surface area contributed by atoms with Gasteiger partial charge in [0.25, 0.3) is 0 Å². The molecule has 13 heteroatoms. The summed E-state index contributed by atoms with van der Waals surface area (Å²) in [6, 6.07) is 5.68. The molecule has 272 valence electrons. The smallest absolute Gasteiger partial charge is 0.319 e. The number of ether oxygens (including phenoxy) is 3. The van der Waals surface area contributed by atoms with E-state index in [-0.39, 0.29) is 51.7 Å². The van der Waals surface area contributed by atoms with Gasteiger partial charge in [0.2, 0.25) is 5.91 Å². The van der Waals surface area contributed by atoms with Gasteiger partial charge >= 0.3 is 6.01 Å². The molecule has 0 unspecified atom stereocenters. The van der Waals surface area contributed by atoms with Gasteiger partial charge in [-0.2, -0.15) is 9.97 Å². The summed E-state index contributed by atoms with van der Waals surface area (Å²) in [5, 5.41) is 15.0. The molecule has 3 fully saturated rings. The van der Waals surface area contributed by atoms with Crippen molar-refractivity contribution in [2.24, 2.45) is 5.41 Å². The molecule has 2 aromatic heterocycles. The Hall–Kier alpha value is -4.74. The number of hydrogen-bond donors (Lipinski definition) is 2. The van der Waals surface area contributed by atoms with Crippen LogP contribution >= 0.6 is 0 Å². The Kier molecular flexibility index (Phi) is 9.84. The summed E-state index contributed by atoms with van der Waals surface area (Å²) in [5.41, 5.74) is -0.935. The van der Waals surface area contributed by atoms with Gasteiger partial charge in [0.15, 0.2) is 5.82 Å². The fourth-order valence-corrected chi connectivity index (χ4v) is 6.96. The number of carbonyl (C=O) groups excluding carboxylic acids is 1. The van der Waals surface area contributed by atoms with Crippen molar-refractivity contribution in [1.82, 2.24) is 25.2 Å². The number of anilines is 1. The molecule has 3 aliphatic rings. The normalized spacial score (nSPS) is 19.2. The molecule has 1 atom stereocenters. The van der Waals surface area contributed by atoms with E-state index in [0.29, 0.717) is 61.7 Å². The number of fused-ring (bicyclic) bond motifs is 2. The molecule has 2 N–H and O–H groups in total. The number of hydrogen-bond acceptors (Lipinski definition) is 10. The van der Waals surface area contributed by atoms with Crippen LogP contribution in [0.15, 0.2) is 43.1 Å². The average Bonchev–Trinajstić information content (AvgIpc) is 3.94. The third-order valence-electron chi connectivity index (χ3n) is 10.0. The van der Waals surface area contributed by atoms with Crippen molar-refractivity contribution in [3.05, 3.63) is 65.9 Å². The molecule has 1 aliphatic carbocycles. The lowest BCUT2D eigenvalue weighted by atomic mass is 9.89. The third-order valence-corrected chi connectivity index (χ3v) is 10.0. The Morgan fingerprint density at radius 3 is 2.67 bits per heavy atom. The first-order valence-corrected chi connectivity index (χ1v) is 17.5. The number of nitrogens with zero attached hydrogens (tertiary/aromatic N) is 5. The highest BCUT2D eigenvalue weighted by Crippen LogP contribution is 2.47. The number of morpholine rings is 1. The summed E-state index contributed by atoms with van der Waals surface area (Å²) < 4.78 is 50.0. The minimum atomic E-state index is -1.32. The zero-order chi connectivity index (χ0) is 36.6. The fourth-order valence-electron chi connectivity index (χ4n) is 6.96. The zero-order valence-corrected chi connectivity index (χ0v) is 29.4. The summed E-state index contributed by atoms with van der Waals surface area (Å²) in [7, 11) is 0. The van der Waals surface area contributed by atoms with Crippen molar-refractivity contribution in [2.75, 3.05) is 70.7 Å². The van der Waals surface area contributed by atoms with E-state index in [1.807, 2.05) is 4.90 Å². The van der Waals surface area contributed by atoms with Gasteiger partial charge in [0.1, 0.15) is 22.8 Å². The summed E-state index contributed by atoms with van der Waals surface area (Å²) in [4.78, 5) is 30.5. The number of pyridine rings is 1. The predicted molar refractivity (Wildman–Crippen MR) is 193 cm³/mol. The molecule has 52 heavy (non-hydrogen) atoms. The molecule has 2 aromatic carbocycles. The molecule has 1 amide bonds. The largest absolute Gasteiger partial charge is 0.463 e. The highest BCUT2D eigenvalue weighted by atomic mass is 19.1. The van der Waals surface area contributed by atoms with E-state index in [0.717, 1.165) is 32.5 Å². The summed E-state index contributed by atoms with van der Waals surface area (Å²) >= 11 is 0. The van der Waals surface area contributed by atoms with Crippen LogP contribution in [0.1, 0.15) is 37.8 Å². The van der Waals surface area contributed by atoms with Crippen LogP contribution in [0.2, 0.25) is 0 Å². The quantitative estimate of drug-likeness (QED) is 0.182. The van der Waals surface area contributed by atoms with Crippen LogP contribution in [-0.2, 0) is 19.9 Å². The first-order valence-electron chi connectivity index (χ1n) is 17.5. The van der Waals surface area contributed by atoms with Gasteiger partial charge in [-0.1, -0.05) is 18.6 Å². The molecule has 2 saturated heterocycles. The molecule has 4 heterocycles. The number of carbonyl (C=O) groups is 1. The number of halogens is 2. The van der Waals surface area contributed by atoms with E-state index in [1.165, 1.54) is 18.3 Å². The molecule has 1 saturated carbocycles. The van der Waals surface area contributed by atoms with E-state index >= 15 is 8.78 Å². The first-order chi connectivity index (χ1) is 25.0. The monoisotopic (exact) mass is 712 g/mol. The third kappa shape index (κ3) is 7.29. The second-order valence-electron chi connectivity index (χ2n) is 14.4. The highest BCUT2D eigenvalue weighted by Gasteiger charge is 2.45. The van der Waals surface area contributed by atoms with Gasteiger partial charge in [-0.05, 0) is 61.9 Å². The van der Waals surface area contributed by atoms with Crippen LogP contribution in [0.5, 0.6) is 6.01 Å². The second-order valence-corrected chi connectivity index (χ2v) is 14.4. The van der Waals surface area contributed by atoms with Crippen molar-refractivity contribution < 1.29 is 32.9 Å². The van der Waals surface area contributed by atoms with Gasteiger partial charge in [-0.3, -0.25) is 14.7 Å². The number of aliphatic hydroxyl groups is 1. The Morgan fingerprint density at radius 1 is 1.19 bits per heavy atom. The minimum absolute atomic E-state index is 0.00546. The molecule has 0 bridgehead atoms. The lowest BCUT2D eigenvalue weighted by Gasteiger charge is -2.30. The molecule has 2 aliphatic heterocycles. The maximum Gasteiger partial charge on any atom is 0.319 e. The van der Waals surface area contributed by atoms with Crippen LogP contribution < -0.4 is 15.0 Å². The fraction of sp³-hybridized carbons (Fsp3) is 0.436. The topological polar surface area (TPSA) is 122 Å². The van der Waals surface area contributed by atoms with Crippen LogP contribution in [0.3, 0.4) is 0 Å². The van der Waals surface area contributed by atoms with Crippen molar-refractivity contribution in [2.45, 2.75) is 38.3 Å². The number of terminal acetylenes is 1. The molecule has 4 aromatic rings. The predicted octanol–water partition coefficient (Wildman–Crippen LogP) is 4.33. The van der Waals surface area contributed by atoms with E-state index in [4.69, 9.17) is 25.6 Å². The number of nitrogens with one attached hydrogen (secondary N) is 1. The molecule has 7 rings (SSSR count). The Labute approximate surface area is 301 Å². The average molecular weight is 713 g/mol. The van der Waals surface area contributed by atoms with Crippen LogP contribution in [-0.4, -0.2) is 103 Å². The van der Waals surface area contributed by atoms with Gasteiger partial charge in [-0.25, -0.2) is 8.78 Å². The van der Waals surface area contributed by atoms with E-state index in [2.05, 4.69) is 32.7 Å². The van der Waals surface area contributed by atoms with E-state index in [1.54, 1.807) is 32.0 Å². The minimum Gasteiger partial charge on any atom is -0.463 e. The Bertz CT molecular complexity index is 2070. The SMILES string of the molecule is C#Cc1c(F)ccc2cc(C(C)(C)O)cc(-c3ncc4c(N5CCOC[C@H](NC(=O)C=C)C5)nc(OCC5(CN6CCOCC6)CC5)nc4c3F)c12. The van der Waals surface area contributed by atoms with Crippen LogP contribution in [0, 0.1) is 29.4 Å². The number of benzene rings is 2. The Morgan fingerprint density at radius 2 is 1.96 bits per heavy atom. The summed E-state index contributed by atoms with van der Waals surface area (Å²) in [6.07, 6.45) is 10.4. The second kappa shape index (κ2) is 14.4. The summed E-state index contributed by atoms with van der Waals surface area (Å²) in [5.74, 6) is 1.02. The van der Waals surface area contributed by atoms with E-state index < -0.39 is 23.3 Å². The van der Waals surface area contributed by atoms with Gasteiger partial charge in [0, 0.05) is 55.3 Å². The molecule has 11 nitrogen and oxygen atoms in total. The first kappa shape index (κ1) is 35.7. The molecule has 0 radical (unpaired) electrons. The van der Waals surface area contributed by atoms with Crippen molar-refractivity contribution >= 4 is 33.4 Å². The number of amides is 1. The number of aromatic nitrogens is 3. The van der Waals surface area contributed by atoms with Crippen molar-refractivity contribution in [3.8, 4) is 29.6 Å². The van der Waals surface area contributed by atoms with Crippen molar-refractivity contribution in [1.29, 1.82) is 0 Å². The zero-order valence-electron chi connectivity index (χ0n) is 29.4. The van der Waals surface area contributed by atoms with E-state index in [9.17, 15) is 9.90 Å².